The molecule has 1 saturated heterocycles. The Kier molecular flexibility index (Phi) is 5.47. The summed E-state index contributed by atoms with van der Waals surface area (Å²) in [5.74, 6) is 0.0927. The van der Waals surface area contributed by atoms with E-state index in [0.717, 1.165) is 64.9 Å². The van der Waals surface area contributed by atoms with Gasteiger partial charge in [-0.15, -0.1) is 0 Å². The molecule has 3 aromatic rings. The third-order valence-electron chi connectivity index (χ3n) is 5.42. The van der Waals surface area contributed by atoms with Crippen molar-refractivity contribution in [2.75, 3.05) is 32.7 Å². The van der Waals surface area contributed by atoms with Crippen LogP contribution in [0.3, 0.4) is 0 Å². The highest BCUT2D eigenvalue weighted by Crippen LogP contribution is 2.28. The highest BCUT2D eigenvalue weighted by molar-refractivity contribution is 9.10. The standard InChI is InChI=1S/C23H24BrN3O/c1-3-26-9-11-27(12-10-26)23(28)20-15-22(17-6-4-5-16(2)13-17)25-21-8-7-18(24)14-19(20)21/h4-8,13-15H,3,9-12H2,1-2H3. The normalized spacial score (nSPS) is 15.2. The maximum Gasteiger partial charge on any atom is 0.254 e. The van der Waals surface area contributed by atoms with Gasteiger partial charge in [-0.25, -0.2) is 4.98 Å². The predicted octanol–water partition coefficient (Wildman–Crippen LogP) is 4.75. The fraction of sp³-hybridized carbons (Fsp3) is 0.304. The van der Waals surface area contributed by atoms with Crippen LogP contribution in [0, 0.1) is 6.92 Å². The number of benzene rings is 2. The molecule has 0 spiro atoms. The van der Waals surface area contributed by atoms with Crippen molar-refractivity contribution >= 4 is 32.7 Å². The molecule has 0 radical (unpaired) electrons. The first-order valence-corrected chi connectivity index (χ1v) is 10.5. The van der Waals surface area contributed by atoms with Gasteiger partial charge in [-0.2, -0.15) is 0 Å². The van der Waals surface area contributed by atoms with Gasteiger partial charge in [0.25, 0.3) is 5.91 Å². The molecule has 2 aromatic carbocycles. The molecule has 0 atom stereocenters. The number of fused-ring (bicyclic) bond motifs is 1. The van der Waals surface area contributed by atoms with Crippen molar-refractivity contribution in [3.05, 3.63) is 64.1 Å². The first-order valence-electron chi connectivity index (χ1n) is 9.74. The van der Waals surface area contributed by atoms with E-state index in [4.69, 9.17) is 4.98 Å². The Hall–Kier alpha value is -2.24. The molecular weight excluding hydrogens is 414 g/mol. The number of rotatable bonds is 3. The van der Waals surface area contributed by atoms with E-state index >= 15 is 0 Å². The second-order valence-corrected chi connectivity index (χ2v) is 8.23. The minimum atomic E-state index is 0.0927. The summed E-state index contributed by atoms with van der Waals surface area (Å²) >= 11 is 3.54. The Balaban J connectivity index is 1.79. The van der Waals surface area contributed by atoms with Gasteiger partial charge in [0.15, 0.2) is 0 Å². The second kappa shape index (κ2) is 8.02. The van der Waals surface area contributed by atoms with Gasteiger partial charge in [0.05, 0.1) is 16.8 Å². The zero-order valence-electron chi connectivity index (χ0n) is 16.3. The van der Waals surface area contributed by atoms with E-state index in [1.807, 2.05) is 41.3 Å². The average molecular weight is 438 g/mol. The van der Waals surface area contributed by atoms with Crippen LogP contribution in [0.2, 0.25) is 0 Å². The van der Waals surface area contributed by atoms with Crippen molar-refractivity contribution in [3.63, 3.8) is 0 Å². The molecule has 0 saturated carbocycles. The van der Waals surface area contributed by atoms with E-state index in [9.17, 15) is 4.79 Å². The number of piperazine rings is 1. The van der Waals surface area contributed by atoms with Gasteiger partial charge in [0.2, 0.25) is 0 Å². The summed E-state index contributed by atoms with van der Waals surface area (Å²) in [5, 5.41) is 0.897. The number of hydrogen-bond acceptors (Lipinski definition) is 3. The van der Waals surface area contributed by atoms with Gasteiger partial charge in [0, 0.05) is 41.6 Å². The zero-order chi connectivity index (χ0) is 19.7. The largest absolute Gasteiger partial charge is 0.336 e. The van der Waals surface area contributed by atoms with E-state index in [0.29, 0.717) is 0 Å². The number of pyridine rings is 1. The number of carbonyl (C=O) groups excluding carboxylic acids is 1. The van der Waals surface area contributed by atoms with E-state index in [1.165, 1.54) is 5.56 Å². The fourth-order valence-corrected chi connectivity index (χ4v) is 4.13. The third kappa shape index (κ3) is 3.82. The van der Waals surface area contributed by atoms with Crippen LogP contribution in [0.4, 0.5) is 0 Å². The minimum absolute atomic E-state index is 0.0927. The van der Waals surface area contributed by atoms with Crippen molar-refractivity contribution < 1.29 is 4.79 Å². The molecule has 28 heavy (non-hydrogen) atoms. The Labute approximate surface area is 174 Å². The summed E-state index contributed by atoms with van der Waals surface area (Å²) in [6.07, 6.45) is 0. The molecule has 1 aliphatic rings. The molecule has 4 nitrogen and oxygen atoms in total. The highest BCUT2D eigenvalue weighted by atomic mass is 79.9. The van der Waals surface area contributed by atoms with Crippen LogP contribution in [0.1, 0.15) is 22.8 Å². The summed E-state index contributed by atoms with van der Waals surface area (Å²) < 4.78 is 0.954. The first-order chi connectivity index (χ1) is 13.5. The second-order valence-electron chi connectivity index (χ2n) is 7.31. The number of aromatic nitrogens is 1. The van der Waals surface area contributed by atoms with E-state index in [2.05, 4.69) is 46.8 Å². The third-order valence-corrected chi connectivity index (χ3v) is 5.91. The van der Waals surface area contributed by atoms with Crippen LogP contribution in [-0.4, -0.2) is 53.4 Å². The lowest BCUT2D eigenvalue weighted by atomic mass is 10.0. The minimum Gasteiger partial charge on any atom is -0.336 e. The van der Waals surface area contributed by atoms with Gasteiger partial charge in [-0.05, 0) is 43.8 Å². The SMILES string of the molecule is CCN1CCN(C(=O)c2cc(-c3cccc(C)c3)nc3ccc(Br)cc23)CC1. The molecule has 1 amide bonds. The molecule has 1 aromatic heterocycles. The van der Waals surface area contributed by atoms with Crippen LogP contribution in [0.15, 0.2) is 53.0 Å². The Bertz CT molecular complexity index is 1030. The number of amides is 1. The van der Waals surface area contributed by atoms with Crippen LogP contribution in [0.5, 0.6) is 0 Å². The van der Waals surface area contributed by atoms with Crippen molar-refractivity contribution in [3.8, 4) is 11.3 Å². The van der Waals surface area contributed by atoms with Gasteiger partial charge in [-0.1, -0.05) is 46.6 Å². The molecule has 144 valence electrons. The monoisotopic (exact) mass is 437 g/mol. The topological polar surface area (TPSA) is 36.4 Å². The van der Waals surface area contributed by atoms with Crippen LogP contribution >= 0.6 is 15.9 Å². The molecule has 0 unspecified atom stereocenters. The van der Waals surface area contributed by atoms with Crippen LogP contribution < -0.4 is 0 Å². The summed E-state index contributed by atoms with van der Waals surface area (Å²) in [6, 6.07) is 16.2. The molecule has 1 aliphatic heterocycles. The number of carbonyl (C=O) groups is 1. The van der Waals surface area contributed by atoms with Gasteiger partial charge >= 0.3 is 0 Å². The molecule has 0 bridgehead atoms. The molecule has 0 N–H and O–H groups in total. The molecule has 0 aliphatic carbocycles. The van der Waals surface area contributed by atoms with Crippen molar-refractivity contribution in [2.45, 2.75) is 13.8 Å². The van der Waals surface area contributed by atoms with Crippen molar-refractivity contribution in [2.24, 2.45) is 0 Å². The fourth-order valence-electron chi connectivity index (χ4n) is 3.76. The summed E-state index contributed by atoms with van der Waals surface area (Å²) in [4.78, 5) is 22.6. The summed E-state index contributed by atoms with van der Waals surface area (Å²) in [6.45, 7) is 8.67. The maximum atomic E-state index is 13.4. The molecule has 1 fully saturated rings. The molecule has 2 heterocycles. The van der Waals surface area contributed by atoms with Gasteiger partial charge in [0.1, 0.15) is 0 Å². The lowest BCUT2D eigenvalue weighted by Gasteiger charge is -2.34. The highest BCUT2D eigenvalue weighted by Gasteiger charge is 2.24. The van der Waals surface area contributed by atoms with E-state index in [-0.39, 0.29) is 5.91 Å². The Morgan fingerprint density at radius 2 is 1.86 bits per heavy atom. The Morgan fingerprint density at radius 1 is 1.07 bits per heavy atom. The molecular formula is C23H24BrN3O. The average Bonchev–Trinajstić information content (AvgIpc) is 2.72. The maximum absolute atomic E-state index is 13.4. The van der Waals surface area contributed by atoms with Crippen molar-refractivity contribution in [1.29, 1.82) is 0 Å². The van der Waals surface area contributed by atoms with E-state index < -0.39 is 0 Å². The quantitative estimate of drug-likeness (QED) is 0.592. The lowest BCUT2D eigenvalue weighted by molar-refractivity contribution is 0.0645. The van der Waals surface area contributed by atoms with E-state index in [1.54, 1.807) is 0 Å². The summed E-state index contributed by atoms with van der Waals surface area (Å²) in [5.41, 5.74) is 4.63. The Morgan fingerprint density at radius 3 is 2.57 bits per heavy atom. The zero-order valence-corrected chi connectivity index (χ0v) is 17.9. The number of aryl methyl sites for hydroxylation is 1. The van der Waals surface area contributed by atoms with Gasteiger partial charge < -0.3 is 9.80 Å². The van der Waals surface area contributed by atoms with Crippen LogP contribution in [0.25, 0.3) is 22.2 Å². The number of likely N-dealkylation sites (N-methyl/N-ethyl adjacent to an activating group) is 1. The smallest absolute Gasteiger partial charge is 0.254 e. The predicted molar refractivity (Wildman–Crippen MR) is 118 cm³/mol. The van der Waals surface area contributed by atoms with Crippen LogP contribution in [-0.2, 0) is 0 Å². The van der Waals surface area contributed by atoms with Crippen molar-refractivity contribution in [1.82, 2.24) is 14.8 Å². The number of halogens is 1. The first kappa shape index (κ1) is 19.1. The summed E-state index contributed by atoms with van der Waals surface area (Å²) in [7, 11) is 0. The number of hydrogen-bond donors (Lipinski definition) is 0. The number of nitrogens with zero attached hydrogens (tertiary/aromatic N) is 3. The van der Waals surface area contributed by atoms with Gasteiger partial charge in [-0.3, -0.25) is 4.79 Å². The molecule has 4 rings (SSSR count). The molecule has 5 heteroatoms. The lowest BCUT2D eigenvalue weighted by Crippen LogP contribution is -2.48.